The standard InChI is InChI=1S/C15H14BrFN2O2/c16-15-11(2-1-3-14(15)19(20)21)9-13(18)8-10-4-6-12(17)7-5-10/h1-7,13H,8-9,18H2. The van der Waals surface area contributed by atoms with Crippen LogP contribution in [0.15, 0.2) is 46.9 Å². The Kier molecular flexibility index (Phi) is 5.03. The normalized spacial score (nSPS) is 12.1. The van der Waals surface area contributed by atoms with Gasteiger partial charge in [-0.3, -0.25) is 10.1 Å². The summed E-state index contributed by atoms with van der Waals surface area (Å²) >= 11 is 3.26. The minimum Gasteiger partial charge on any atom is -0.327 e. The Hall–Kier alpha value is -1.79. The molecule has 0 spiro atoms. The predicted octanol–water partition coefficient (Wildman–Crippen LogP) is 3.61. The minimum atomic E-state index is -0.431. The Morgan fingerprint density at radius 1 is 1.19 bits per heavy atom. The van der Waals surface area contributed by atoms with Gasteiger partial charge in [0.15, 0.2) is 0 Å². The molecule has 6 heteroatoms. The number of nitro groups is 1. The summed E-state index contributed by atoms with van der Waals surface area (Å²) in [6.45, 7) is 0. The molecule has 0 bridgehead atoms. The van der Waals surface area contributed by atoms with Crippen molar-refractivity contribution >= 4 is 21.6 Å². The van der Waals surface area contributed by atoms with Crippen molar-refractivity contribution in [3.05, 3.63) is 74.0 Å². The second-order valence-electron chi connectivity index (χ2n) is 4.80. The van der Waals surface area contributed by atoms with E-state index in [0.717, 1.165) is 11.1 Å². The van der Waals surface area contributed by atoms with Crippen LogP contribution < -0.4 is 5.73 Å². The summed E-state index contributed by atoms with van der Waals surface area (Å²) in [5.74, 6) is -0.284. The third-order valence-electron chi connectivity index (χ3n) is 3.15. The third-order valence-corrected chi connectivity index (χ3v) is 4.06. The van der Waals surface area contributed by atoms with Crippen molar-refractivity contribution in [3.8, 4) is 0 Å². The zero-order chi connectivity index (χ0) is 15.4. The Balaban J connectivity index is 2.09. The van der Waals surface area contributed by atoms with Gasteiger partial charge in [0.05, 0.1) is 9.40 Å². The average molecular weight is 353 g/mol. The van der Waals surface area contributed by atoms with Crippen molar-refractivity contribution in [2.45, 2.75) is 18.9 Å². The van der Waals surface area contributed by atoms with Crippen molar-refractivity contribution in [1.29, 1.82) is 0 Å². The van der Waals surface area contributed by atoms with E-state index in [9.17, 15) is 14.5 Å². The Morgan fingerprint density at radius 2 is 1.86 bits per heavy atom. The maximum Gasteiger partial charge on any atom is 0.283 e. The molecule has 2 N–H and O–H groups in total. The molecule has 0 fully saturated rings. The van der Waals surface area contributed by atoms with Crippen LogP contribution in [0.2, 0.25) is 0 Å². The lowest BCUT2D eigenvalue weighted by Crippen LogP contribution is -2.25. The summed E-state index contributed by atoms with van der Waals surface area (Å²) in [5, 5.41) is 10.9. The van der Waals surface area contributed by atoms with Gasteiger partial charge < -0.3 is 5.73 Å². The molecule has 0 heterocycles. The highest BCUT2D eigenvalue weighted by atomic mass is 79.9. The van der Waals surface area contributed by atoms with Crippen molar-refractivity contribution in [1.82, 2.24) is 0 Å². The SMILES string of the molecule is NC(Cc1ccc(F)cc1)Cc1cccc([N+](=O)[O-])c1Br. The van der Waals surface area contributed by atoms with Gasteiger partial charge in [0.25, 0.3) is 5.69 Å². The predicted molar refractivity (Wildman–Crippen MR) is 82.6 cm³/mol. The first-order chi connectivity index (χ1) is 9.97. The average Bonchev–Trinajstić information content (AvgIpc) is 2.43. The molecule has 4 nitrogen and oxygen atoms in total. The maximum absolute atomic E-state index is 12.8. The lowest BCUT2D eigenvalue weighted by Gasteiger charge is -2.13. The first-order valence-corrected chi connectivity index (χ1v) is 7.18. The van der Waals surface area contributed by atoms with E-state index in [0.29, 0.717) is 17.3 Å². The summed E-state index contributed by atoms with van der Waals surface area (Å²) in [7, 11) is 0. The molecule has 1 atom stereocenters. The molecular weight excluding hydrogens is 339 g/mol. The van der Waals surface area contributed by atoms with Gasteiger partial charge in [0.1, 0.15) is 5.82 Å². The minimum absolute atomic E-state index is 0.0292. The van der Waals surface area contributed by atoms with Gasteiger partial charge in [-0.1, -0.05) is 24.3 Å². The molecule has 2 rings (SSSR count). The van der Waals surface area contributed by atoms with Gasteiger partial charge >= 0.3 is 0 Å². The van der Waals surface area contributed by atoms with Crippen LogP contribution in [0, 0.1) is 15.9 Å². The number of hydrogen-bond acceptors (Lipinski definition) is 3. The maximum atomic E-state index is 12.8. The quantitative estimate of drug-likeness (QED) is 0.660. The van der Waals surface area contributed by atoms with E-state index in [1.54, 1.807) is 18.2 Å². The lowest BCUT2D eigenvalue weighted by atomic mass is 9.99. The van der Waals surface area contributed by atoms with E-state index in [2.05, 4.69) is 15.9 Å². The molecule has 0 saturated heterocycles. The second-order valence-corrected chi connectivity index (χ2v) is 5.60. The van der Waals surface area contributed by atoms with Crippen molar-refractivity contribution < 1.29 is 9.31 Å². The smallest absolute Gasteiger partial charge is 0.283 e. The third kappa shape index (κ3) is 4.09. The van der Waals surface area contributed by atoms with Crippen LogP contribution in [-0.2, 0) is 12.8 Å². The number of hydrogen-bond donors (Lipinski definition) is 1. The summed E-state index contributed by atoms with van der Waals surface area (Å²) in [6.07, 6.45) is 1.08. The molecule has 1 unspecified atom stereocenters. The van der Waals surface area contributed by atoms with Gasteiger partial charge in [-0.05, 0) is 52.0 Å². The number of nitrogens with two attached hydrogens (primary N) is 1. The zero-order valence-corrected chi connectivity index (χ0v) is 12.7. The van der Waals surface area contributed by atoms with E-state index in [1.165, 1.54) is 18.2 Å². The van der Waals surface area contributed by atoms with E-state index >= 15 is 0 Å². The molecule has 110 valence electrons. The number of nitro benzene ring substituents is 1. The summed E-state index contributed by atoms with van der Waals surface area (Å²) in [6, 6.07) is 10.9. The number of benzene rings is 2. The molecule has 0 amide bonds. The summed E-state index contributed by atoms with van der Waals surface area (Å²) in [4.78, 5) is 10.5. The van der Waals surface area contributed by atoms with Crippen LogP contribution >= 0.6 is 15.9 Å². The van der Waals surface area contributed by atoms with Crippen LogP contribution in [-0.4, -0.2) is 11.0 Å². The highest BCUT2D eigenvalue weighted by molar-refractivity contribution is 9.10. The molecule has 2 aromatic carbocycles. The van der Waals surface area contributed by atoms with Gasteiger partial charge in [-0.2, -0.15) is 0 Å². The fraction of sp³-hybridized carbons (Fsp3) is 0.200. The van der Waals surface area contributed by atoms with Gasteiger partial charge in [-0.15, -0.1) is 0 Å². The molecule has 21 heavy (non-hydrogen) atoms. The van der Waals surface area contributed by atoms with Crippen molar-refractivity contribution in [2.75, 3.05) is 0 Å². The molecule has 0 radical (unpaired) electrons. The van der Waals surface area contributed by atoms with E-state index in [4.69, 9.17) is 5.73 Å². The highest BCUT2D eigenvalue weighted by Gasteiger charge is 2.16. The molecule has 0 saturated carbocycles. The fourth-order valence-corrected chi connectivity index (χ4v) is 2.71. The molecule has 2 aromatic rings. The van der Waals surface area contributed by atoms with Gasteiger partial charge in [0, 0.05) is 12.1 Å². The Labute approximate surface area is 130 Å². The monoisotopic (exact) mass is 352 g/mol. The van der Waals surface area contributed by atoms with Gasteiger partial charge in [0.2, 0.25) is 0 Å². The highest BCUT2D eigenvalue weighted by Crippen LogP contribution is 2.29. The number of nitrogens with zero attached hydrogens (tertiary/aromatic N) is 1. The lowest BCUT2D eigenvalue weighted by molar-refractivity contribution is -0.385. The molecule has 0 aromatic heterocycles. The summed E-state index contributed by atoms with van der Waals surface area (Å²) < 4.78 is 13.3. The van der Waals surface area contributed by atoms with E-state index < -0.39 is 4.92 Å². The first kappa shape index (κ1) is 15.6. The topological polar surface area (TPSA) is 69.2 Å². The van der Waals surface area contributed by atoms with Crippen LogP contribution in [0.5, 0.6) is 0 Å². The van der Waals surface area contributed by atoms with Crippen LogP contribution in [0.3, 0.4) is 0 Å². The summed E-state index contributed by atoms with van der Waals surface area (Å²) in [5.41, 5.74) is 7.84. The fourth-order valence-electron chi connectivity index (χ4n) is 2.14. The Bertz CT molecular complexity index is 647. The molecule has 0 aliphatic carbocycles. The molecule has 0 aliphatic rings. The first-order valence-electron chi connectivity index (χ1n) is 6.39. The van der Waals surface area contributed by atoms with Crippen LogP contribution in [0.1, 0.15) is 11.1 Å². The van der Waals surface area contributed by atoms with E-state index in [1.807, 2.05) is 6.07 Å². The molecular formula is C15H14BrFN2O2. The van der Waals surface area contributed by atoms with Crippen molar-refractivity contribution in [3.63, 3.8) is 0 Å². The van der Waals surface area contributed by atoms with E-state index in [-0.39, 0.29) is 17.5 Å². The Morgan fingerprint density at radius 3 is 2.48 bits per heavy atom. The number of halogens is 2. The molecule has 0 aliphatic heterocycles. The van der Waals surface area contributed by atoms with Crippen LogP contribution in [0.4, 0.5) is 10.1 Å². The number of rotatable bonds is 5. The largest absolute Gasteiger partial charge is 0.327 e. The van der Waals surface area contributed by atoms with Crippen molar-refractivity contribution in [2.24, 2.45) is 5.73 Å². The second kappa shape index (κ2) is 6.78. The van der Waals surface area contributed by atoms with Crippen LogP contribution in [0.25, 0.3) is 0 Å². The van der Waals surface area contributed by atoms with Gasteiger partial charge in [-0.25, -0.2) is 4.39 Å². The zero-order valence-electron chi connectivity index (χ0n) is 11.1.